The van der Waals surface area contributed by atoms with Crippen molar-refractivity contribution in [2.75, 3.05) is 19.8 Å². The quantitative estimate of drug-likeness (QED) is 0.524. The molecule has 3 nitrogen and oxygen atoms in total. The standard InChI is InChI=1S/C20H34O3/c1-16(6-4-7-17(14-22)10-13-21)8-9-18-19(2,3)11-5-12-20(18)15-23-20/h6,10,18,21-22H,4-5,7-9,11-15H2,1-3H3/b16-6+,17-10+/t18-,20-/m0/s1. The van der Waals surface area contributed by atoms with Crippen LogP contribution in [0.4, 0.5) is 0 Å². The van der Waals surface area contributed by atoms with Crippen LogP contribution in [-0.2, 0) is 4.74 Å². The first-order valence-electron chi connectivity index (χ1n) is 9.13. The van der Waals surface area contributed by atoms with E-state index in [0.29, 0.717) is 11.3 Å². The van der Waals surface area contributed by atoms with Gasteiger partial charge >= 0.3 is 0 Å². The lowest BCUT2D eigenvalue weighted by atomic mass is 9.62. The van der Waals surface area contributed by atoms with Gasteiger partial charge in [-0.3, -0.25) is 0 Å². The van der Waals surface area contributed by atoms with Gasteiger partial charge in [0.25, 0.3) is 0 Å². The minimum Gasteiger partial charge on any atom is -0.392 e. The number of aliphatic hydroxyl groups excluding tert-OH is 2. The molecule has 2 N–H and O–H groups in total. The molecule has 1 spiro atoms. The van der Waals surface area contributed by atoms with Crippen LogP contribution in [0.15, 0.2) is 23.3 Å². The van der Waals surface area contributed by atoms with Crippen molar-refractivity contribution in [1.82, 2.24) is 0 Å². The van der Waals surface area contributed by atoms with Crippen LogP contribution < -0.4 is 0 Å². The Balaban J connectivity index is 1.82. The highest BCUT2D eigenvalue weighted by molar-refractivity contribution is 5.09. The van der Waals surface area contributed by atoms with E-state index >= 15 is 0 Å². The number of hydrogen-bond donors (Lipinski definition) is 2. The summed E-state index contributed by atoms with van der Waals surface area (Å²) in [6.07, 6.45) is 12.0. The fourth-order valence-corrected chi connectivity index (χ4v) is 4.35. The summed E-state index contributed by atoms with van der Waals surface area (Å²) < 4.78 is 5.89. The van der Waals surface area contributed by atoms with Crippen molar-refractivity contribution in [2.45, 2.75) is 71.3 Å². The minimum atomic E-state index is 0.0113. The van der Waals surface area contributed by atoms with Gasteiger partial charge in [-0.1, -0.05) is 31.6 Å². The molecule has 0 radical (unpaired) electrons. The first-order valence-corrected chi connectivity index (χ1v) is 9.13. The predicted molar refractivity (Wildman–Crippen MR) is 94.3 cm³/mol. The van der Waals surface area contributed by atoms with E-state index in [-0.39, 0.29) is 18.8 Å². The monoisotopic (exact) mass is 322 g/mol. The summed E-state index contributed by atoms with van der Waals surface area (Å²) in [5.41, 5.74) is 2.96. The van der Waals surface area contributed by atoms with Gasteiger partial charge in [-0.25, -0.2) is 0 Å². The molecular formula is C20H34O3. The molecule has 3 heteroatoms. The average molecular weight is 322 g/mol. The third-order valence-electron chi connectivity index (χ3n) is 5.88. The van der Waals surface area contributed by atoms with Crippen LogP contribution in [0.3, 0.4) is 0 Å². The molecule has 0 aromatic heterocycles. The first-order chi connectivity index (χ1) is 10.9. The second-order valence-corrected chi connectivity index (χ2v) is 8.08. The van der Waals surface area contributed by atoms with Crippen molar-refractivity contribution in [2.24, 2.45) is 11.3 Å². The molecule has 1 heterocycles. The van der Waals surface area contributed by atoms with Gasteiger partial charge in [0, 0.05) is 0 Å². The Labute approximate surface area is 141 Å². The van der Waals surface area contributed by atoms with Crippen LogP contribution in [0.2, 0.25) is 0 Å². The third-order valence-corrected chi connectivity index (χ3v) is 5.88. The fraction of sp³-hybridized carbons (Fsp3) is 0.800. The van der Waals surface area contributed by atoms with Gasteiger partial charge in [-0.2, -0.15) is 0 Å². The Morgan fingerprint density at radius 3 is 2.52 bits per heavy atom. The van der Waals surface area contributed by atoms with E-state index < -0.39 is 0 Å². The number of hydrogen-bond acceptors (Lipinski definition) is 3. The first kappa shape index (κ1) is 18.7. The van der Waals surface area contributed by atoms with E-state index in [4.69, 9.17) is 9.84 Å². The van der Waals surface area contributed by atoms with Crippen molar-refractivity contribution in [3.8, 4) is 0 Å². The van der Waals surface area contributed by atoms with Crippen molar-refractivity contribution in [3.05, 3.63) is 23.3 Å². The summed E-state index contributed by atoms with van der Waals surface area (Å²) in [6.45, 7) is 8.06. The largest absolute Gasteiger partial charge is 0.392 e. The lowest BCUT2D eigenvalue weighted by molar-refractivity contribution is 0.0376. The van der Waals surface area contributed by atoms with Gasteiger partial charge in [-0.15, -0.1) is 0 Å². The van der Waals surface area contributed by atoms with Crippen LogP contribution in [0.25, 0.3) is 0 Å². The second-order valence-electron chi connectivity index (χ2n) is 8.08. The molecule has 0 amide bonds. The highest BCUT2D eigenvalue weighted by Crippen LogP contribution is 2.55. The van der Waals surface area contributed by atoms with Gasteiger partial charge in [-0.05, 0) is 68.8 Å². The smallest absolute Gasteiger partial charge is 0.0949 e. The maximum absolute atomic E-state index is 9.20. The van der Waals surface area contributed by atoms with Crippen molar-refractivity contribution >= 4 is 0 Å². The molecule has 1 saturated heterocycles. The number of aliphatic hydroxyl groups is 2. The Morgan fingerprint density at radius 2 is 1.91 bits per heavy atom. The molecule has 0 unspecified atom stereocenters. The highest BCUT2D eigenvalue weighted by Gasteiger charge is 2.57. The second kappa shape index (κ2) is 7.96. The molecule has 2 rings (SSSR count). The Morgan fingerprint density at radius 1 is 1.17 bits per heavy atom. The van der Waals surface area contributed by atoms with E-state index in [1.807, 2.05) is 0 Å². The third kappa shape index (κ3) is 4.91. The molecule has 132 valence electrons. The predicted octanol–water partition coefficient (Wildman–Crippen LogP) is 4.00. The zero-order valence-corrected chi connectivity index (χ0v) is 15.1. The van der Waals surface area contributed by atoms with Gasteiger partial charge in [0.05, 0.1) is 25.4 Å². The van der Waals surface area contributed by atoms with E-state index in [9.17, 15) is 5.11 Å². The average Bonchev–Trinajstić information content (AvgIpc) is 3.25. The summed E-state index contributed by atoms with van der Waals surface area (Å²) in [5, 5.41) is 18.1. The minimum absolute atomic E-state index is 0.0113. The zero-order valence-electron chi connectivity index (χ0n) is 15.1. The highest BCUT2D eigenvalue weighted by atomic mass is 16.6. The molecule has 2 atom stereocenters. The number of allylic oxidation sites excluding steroid dienone is 2. The molecule has 2 aliphatic rings. The Hall–Kier alpha value is -0.640. The topological polar surface area (TPSA) is 53.0 Å². The summed E-state index contributed by atoms with van der Waals surface area (Å²) in [7, 11) is 0. The van der Waals surface area contributed by atoms with Crippen LogP contribution in [0.1, 0.15) is 65.7 Å². The lowest BCUT2D eigenvalue weighted by Gasteiger charge is -2.43. The fourth-order valence-electron chi connectivity index (χ4n) is 4.35. The molecule has 0 bridgehead atoms. The van der Waals surface area contributed by atoms with Crippen LogP contribution in [0, 0.1) is 11.3 Å². The molecule has 1 aliphatic carbocycles. The van der Waals surface area contributed by atoms with Gasteiger partial charge in [0.15, 0.2) is 0 Å². The molecule has 23 heavy (non-hydrogen) atoms. The maximum atomic E-state index is 9.20. The molecule has 0 aromatic carbocycles. The number of rotatable bonds is 8. The summed E-state index contributed by atoms with van der Waals surface area (Å²) in [6, 6.07) is 0. The lowest BCUT2D eigenvalue weighted by Crippen LogP contribution is -2.41. The van der Waals surface area contributed by atoms with Crippen molar-refractivity contribution in [3.63, 3.8) is 0 Å². The Kier molecular flexibility index (Phi) is 6.47. The van der Waals surface area contributed by atoms with Gasteiger partial charge < -0.3 is 14.9 Å². The van der Waals surface area contributed by atoms with Crippen molar-refractivity contribution < 1.29 is 14.9 Å². The maximum Gasteiger partial charge on any atom is 0.0949 e. The van der Waals surface area contributed by atoms with E-state index in [1.165, 1.54) is 31.3 Å². The van der Waals surface area contributed by atoms with Crippen LogP contribution >= 0.6 is 0 Å². The number of epoxide rings is 1. The molecule has 0 aromatic rings. The van der Waals surface area contributed by atoms with E-state index in [0.717, 1.165) is 31.4 Å². The van der Waals surface area contributed by atoms with Gasteiger partial charge in [0.2, 0.25) is 0 Å². The molecule has 2 fully saturated rings. The Bertz CT molecular complexity index is 438. The normalized spacial score (nSPS) is 30.7. The SMILES string of the molecule is C/C(=C\CC/C(=C\CO)CO)CC[C@H]1C(C)(C)CCC[C@]12CO2. The van der Waals surface area contributed by atoms with Crippen LogP contribution in [-0.4, -0.2) is 35.6 Å². The van der Waals surface area contributed by atoms with Crippen LogP contribution in [0.5, 0.6) is 0 Å². The zero-order chi connectivity index (χ0) is 16.9. The van der Waals surface area contributed by atoms with E-state index in [2.05, 4.69) is 26.8 Å². The molecule has 1 aliphatic heterocycles. The van der Waals surface area contributed by atoms with Gasteiger partial charge in [0.1, 0.15) is 0 Å². The molecular weight excluding hydrogens is 288 g/mol. The van der Waals surface area contributed by atoms with E-state index in [1.54, 1.807) is 6.08 Å². The summed E-state index contributed by atoms with van der Waals surface area (Å²) in [5.74, 6) is 0.675. The summed E-state index contributed by atoms with van der Waals surface area (Å²) >= 11 is 0. The number of ether oxygens (including phenoxy) is 1. The summed E-state index contributed by atoms with van der Waals surface area (Å²) in [4.78, 5) is 0. The molecule has 1 saturated carbocycles. The van der Waals surface area contributed by atoms with Crippen molar-refractivity contribution in [1.29, 1.82) is 0 Å².